The first kappa shape index (κ1) is 10.2. The van der Waals surface area contributed by atoms with Crippen molar-refractivity contribution in [1.82, 2.24) is 0 Å². The molecule has 0 aliphatic carbocycles. The second-order valence-electron chi connectivity index (χ2n) is 2.46. The first-order valence-electron chi connectivity index (χ1n) is 4.22. The minimum Gasteiger partial charge on any atom is -0.411 e. The lowest BCUT2D eigenvalue weighted by Crippen LogP contribution is -1.76. The standard InChI is InChI=1S/C9H17NO/c1-2-3-4-5-6-7-8-9-10-11/h3-4,9,11H,2,5-8H2,1H3/b4-3+,10-9+. The van der Waals surface area contributed by atoms with Crippen LogP contribution in [0.15, 0.2) is 17.3 Å². The molecule has 1 N–H and O–H groups in total. The summed E-state index contributed by atoms with van der Waals surface area (Å²) >= 11 is 0. The largest absolute Gasteiger partial charge is 0.411 e. The Labute approximate surface area is 68.6 Å². The summed E-state index contributed by atoms with van der Waals surface area (Å²) in [6.07, 6.45) is 11.4. The van der Waals surface area contributed by atoms with Gasteiger partial charge in [0.2, 0.25) is 0 Å². The molecule has 0 heterocycles. The Kier molecular flexibility index (Phi) is 8.55. The van der Waals surface area contributed by atoms with Gasteiger partial charge in [0.1, 0.15) is 0 Å². The summed E-state index contributed by atoms with van der Waals surface area (Å²) in [4.78, 5) is 0. The molecular formula is C9H17NO. The summed E-state index contributed by atoms with van der Waals surface area (Å²) in [7, 11) is 0. The van der Waals surface area contributed by atoms with Gasteiger partial charge in [-0.25, -0.2) is 0 Å². The van der Waals surface area contributed by atoms with Gasteiger partial charge in [0.25, 0.3) is 0 Å². The van der Waals surface area contributed by atoms with Crippen LogP contribution in [-0.2, 0) is 0 Å². The highest BCUT2D eigenvalue weighted by Crippen LogP contribution is 1.99. The van der Waals surface area contributed by atoms with Crippen molar-refractivity contribution < 1.29 is 5.21 Å². The normalized spacial score (nSPS) is 11.7. The van der Waals surface area contributed by atoms with Crippen LogP contribution in [0, 0.1) is 0 Å². The quantitative estimate of drug-likeness (QED) is 0.206. The fourth-order valence-electron chi connectivity index (χ4n) is 0.840. The van der Waals surface area contributed by atoms with Gasteiger partial charge in [0.05, 0.1) is 0 Å². The van der Waals surface area contributed by atoms with Crippen molar-refractivity contribution in [2.45, 2.75) is 39.0 Å². The molecular weight excluding hydrogens is 138 g/mol. The number of allylic oxidation sites excluding steroid dienone is 2. The molecule has 2 nitrogen and oxygen atoms in total. The predicted octanol–water partition coefficient (Wildman–Crippen LogP) is 2.97. The molecule has 0 radical (unpaired) electrons. The van der Waals surface area contributed by atoms with Gasteiger partial charge in [-0.05, 0) is 32.1 Å². The number of unbranched alkanes of at least 4 members (excludes halogenated alkanes) is 3. The molecule has 0 amide bonds. The molecule has 2 heteroatoms. The minimum absolute atomic E-state index is 0.885. The Hall–Kier alpha value is -0.790. The number of oxime groups is 1. The molecule has 11 heavy (non-hydrogen) atoms. The van der Waals surface area contributed by atoms with E-state index in [4.69, 9.17) is 5.21 Å². The lowest BCUT2D eigenvalue weighted by Gasteiger charge is -1.90. The van der Waals surface area contributed by atoms with E-state index >= 15 is 0 Å². The first-order chi connectivity index (χ1) is 5.41. The predicted molar refractivity (Wildman–Crippen MR) is 48.2 cm³/mol. The van der Waals surface area contributed by atoms with Crippen molar-refractivity contribution in [3.63, 3.8) is 0 Å². The zero-order valence-corrected chi connectivity index (χ0v) is 7.16. The zero-order chi connectivity index (χ0) is 8.36. The van der Waals surface area contributed by atoms with E-state index in [0.717, 1.165) is 25.7 Å². The average molecular weight is 155 g/mol. The molecule has 0 fully saturated rings. The first-order valence-corrected chi connectivity index (χ1v) is 4.22. The van der Waals surface area contributed by atoms with Crippen molar-refractivity contribution in [3.8, 4) is 0 Å². The Morgan fingerprint density at radius 3 is 2.55 bits per heavy atom. The third-order valence-corrected chi connectivity index (χ3v) is 1.44. The fraction of sp³-hybridized carbons (Fsp3) is 0.667. The molecule has 0 atom stereocenters. The monoisotopic (exact) mass is 155 g/mol. The topological polar surface area (TPSA) is 32.6 Å². The summed E-state index contributed by atoms with van der Waals surface area (Å²) in [6.45, 7) is 2.13. The van der Waals surface area contributed by atoms with E-state index in [1.54, 1.807) is 6.21 Å². The molecule has 64 valence electrons. The van der Waals surface area contributed by atoms with Gasteiger partial charge in [-0.1, -0.05) is 19.1 Å². The highest BCUT2D eigenvalue weighted by atomic mass is 16.4. The lowest BCUT2D eigenvalue weighted by molar-refractivity contribution is 0.320. The van der Waals surface area contributed by atoms with E-state index in [1.165, 1.54) is 6.42 Å². The summed E-state index contributed by atoms with van der Waals surface area (Å²) in [5, 5.41) is 11.0. The Balaban J connectivity index is 2.96. The Morgan fingerprint density at radius 1 is 1.18 bits per heavy atom. The SMILES string of the molecule is CC/C=C/CCCC/C=N/O. The van der Waals surface area contributed by atoms with Crippen molar-refractivity contribution in [1.29, 1.82) is 0 Å². The van der Waals surface area contributed by atoms with Crippen LogP contribution < -0.4 is 0 Å². The maximum absolute atomic E-state index is 8.06. The minimum atomic E-state index is 0.885. The number of rotatable bonds is 6. The molecule has 0 spiro atoms. The number of hydrogen-bond donors (Lipinski definition) is 1. The molecule has 0 aliphatic heterocycles. The summed E-state index contributed by atoms with van der Waals surface area (Å²) < 4.78 is 0. The van der Waals surface area contributed by atoms with Crippen LogP contribution in [0.2, 0.25) is 0 Å². The number of nitrogens with zero attached hydrogens (tertiary/aromatic N) is 1. The number of hydrogen-bond acceptors (Lipinski definition) is 2. The summed E-state index contributed by atoms with van der Waals surface area (Å²) in [5.74, 6) is 0. The van der Waals surface area contributed by atoms with Crippen LogP contribution >= 0.6 is 0 Å². The third-order valence-electron chi connectivity index (χ3n) is 1.44. The van der Waals surface area contributed by atoms with Crippen LogP contribution in [0.5, 0.6) is 0 Å². The van der Waals surface area contributed by atoms with E-state index < -0.39 is 0 Å². The van der Waals surface area contributed by atoms with Crippen molar-refractivity contribution in [2.24, 2.45) is 5.16 Å². The van der Waals surface area contributed by atoms with Crippen LogP contribution in [0.4, 0.5) is 0 Å². The maximum Gasteiger partial charge on any atom is 0.0435 e. The zero-order valence-electron chi connectivity index (χ0n) is 7.16. The molecule has 0 unspecified atom stereocenters. The molecule has 0 aromatic heterocycles. The highest BCUT2D eigenvalue weighted by Gasteiger charge is 1.82. The van der Waals surface area contributed by atoms with Crippen molar-refractivity contribution >= 4 is 6.21 Å². The van der Waals surface area contributed by atoms with E-state index in [2.05, 4.69) is 24.2 Å². The molecule has 0 aliphatic rings. The van der Waals surface area contributed by atoms with E-state index in [0.29, 0.717) is 0 Å². The molecule has 0 aromatic rings. The van der Waals surface area contributed by atoms with Crippen LogP contribution in [0.3, 0.4) is 0 Å². The van der Waals surface area contributed by atoms with Gasteiger partial charge in [0.15, 0.2) is 0 Å². The highest BCUT2D eigenvalue weighted by molar-refractivity contribution is 5.55. The van der Waals surface area contributed by atoms with Gasteiger partial charge in [0, 0.05) is 6.21 Å². The molecule has 0 rings (SSSR count). The van der Waals surface area contributed by atoms with Crippen LogP contribution in [0.1, 0.15) is 39.0 Å². The van der Waals surface area contributed by atoms with Crippen molar-refractivity contribution in [2.75, 3.05) is 0 Å². The van der Waals surface area contributed by atoms with Gasteiger partial charge in [-0.15, -0.1) is 5.16 Å². The van der Waals surface area contributed by atoms with Crippen LogP contribution in [0.25, 0.3) is 0 Å². The fourth-order valence-corrected chi connectivity index (χ4v) is 0.840. The smallest absolute Gasteiger partial charge is 0.0435 e. The van der Waals surface area contributed by atoms with Gasteiger partial charge in [-0.3, -0.25) is 0 Å². The molecule has 0 bridgehead atoms. The molecule has 0 saturated carbocycles. The lowest BCUT2D eigenvalue weighted by atomic mass is 10.2. The second-order valence-corrected chi connectivity index (χ2v) is 2.46. The van der Waals surface area contributed by atoms with E-state index in [9.17, 15) is 0 Å². The Bertz CT molecular complexity index is 119. The molecule has 0 saturated heterocycles. The van der Waals surface area contributed by atoms with Gasteiger partial charge < -0.3 is 5.21 Å². The van der Waals surface area contributed by atoms with Crippen LogP contribution in [-0.4, -0.2) is 11.4 Å². The summed E-state index contributed by atoms with van der Waals surface area (Å²) in [5.41, 5.74) is 0. The van der Waals surface area contributed by atoms with E-state index in [-0.39, 0.29) is 0 Å². The van der Waals surface area contributed by atoms with Gasteiger partial charge >= 0.3 is 0 Å². The summed E-state index contributed by atoms with van der Waals surface area (Å²) in [6, 6.07) is 0. The van der Waals surface area contributed by atoms with Crippen molar-refractivity contribution in [3.05, 3.63) is 12.2 Å². The van der Waals surface area contributed by atoms with E-state index in [1.807, 2.05) is 0 Å². The molecule has 0 aromatic carbocycles. The average Bonchev–Trinajstić information content (AvgIpc) is 2.03. The third kappa shape index (κ3) is 9.21. The Morgan fingerprint density at radius 2 is 1.91 bits per heavy atom. The maximum atomic E-state index is 8.06. The van der Waals surface area contributed by atoms with Gasteiger partial charge in [-0.2, -0.15) is 0 Å². The second kappa shape index (κ2) is 9.21.